The number of alkyl halides is 1. The van der Waals surface area contributed by atoms with Gasteiger partial charge in [0, 0.05) is 21.7 Å². The normalized spacial score (nSPS) is 10.9. The van der Waals surface area contributed by atoms with Crippen LogP contribution in [0.15, 0.2) is 48.5 Å². The first-order valence-electron chi connectivity index (χ1n) is 7.94. The first kappa shape index (κ1) is 17.5. The molecular weight excluding hydrogens is 345 g/mol. The lowest BCUT2D eigenvalue weighted by molar-refractivity contribution is 0.273. The van der Waals surface area contributed by atoms with Gasteiger partial charge in [0.1, 0.15) is 0 Å². The van der Waals surface area contributed by atoms with E-state index in [1.807, 2.05) is 31.2 Å². The summed E-state index contributed by atoms with van der Waals surface area (Å²) in [7, 11) is 0. The van der Waals surface area contributed by atoms with E-state index in [1.54, 1.807) is 23.5 Å². The largest absolute Gasteiger partial charge is 0.490 e. The lowest BCUT2D eigenvalue weighted by Crippen LogP contribution is -2.02. The van der Waals surface area contributed by atoms with Gasteiger partial charge in [-0.05, 0) is 42.3 Å². The third-order valence-corrected chi connectivity index (χ3v) is 4.85. The summed E-state index contributed by atoms with van der Waals surface area (Å²) in [5.41, 5.74) is 1.79. The van der Waals surface area contributed by atoms with Gasteiger partial charge in [-0.2, -0.15) is 4.39 Å². The van der Waals surface area contributed by atoms with Gasteiger partial charge in [0.2, 0.25) is 5.82 Å². The molecule has 0 aliphatic rings. The van der Waals surface area contributed by atoms with Gasteiger partial charge in [-0.3, -0.25) is 4.39 Å². The van der Waals surface area contributed by atoms with E-state index < -0.39 is 18.3 Å². The van der Waals surface area contributed by atoms with Gasteiger partial charge in [0.05, 0.1) is 13.3 Å². The van der Waals surface area contributed by atoms with Gasteiger partial charge in [-0.1, -0.05) is 24.3 Å². The maximum Gasteiger partial charge on any atom is 0.201 e. The predicted molar refractivity (Wildman–Crippen MR) is 95.9 cm³/mol. The van der Waals surface area contributed by atoms with Crippen molar-refractivity contribution in [3.05, 3.63) is 65.0 Å². The van der Waals surface area contributed by atoms with Crippen LogP contribution in [0.25, 0.3) is 21.6 Å². The Hall–Kier alpha value is -2.27. The quantitative estimate of drug-likeness (QED) is 0.461. The Labute approximate surface area is 148 Å². The van der Waals surface area contributed by atoms with Crippen molar-refractivity contribution in [2.24, 2.45) is 0 Å². The highest BCUT2D eigenvalue weighted by Gasteiger charge is 2.16. The van der Waals surface area contributed by atoms with Gasteiger partial charge < -0.3 is 4.74 Å². The first-order valence-corrected chi connectivity index (χ1v) is 8.76. The number of ether oxygens (including phenoxy) is 1. The highest BCUT2D eigenvalue weighted by molar-refractivity contribution is 7.15. The molecule has 0 atom stereocenters. The standard InChI is InChI=1S/C20H17F3OS/c1-13-3-10-18(25-13)15-6-4-14(5-7-15)16-8-9-17(20(23)19(16)22)24-12-2-11-21/h3-10H,2,11-12H2,1H3. The SMILES string of the molecule is Cc1ccc(-c2ccc(-c3ccc(OCCCF)c(F)c3F)cc2)s1. The Morgan fingerprint density at radius 2 is 1.60 bits per heavy atom. The van der Waals surface area contributed by atoms with Gasteiger partial charge in [-0.25, -0.2) is 4.39 Å². The summed E-state index contributed by atoms with van der Waals surface area (Å²) >= 11 is 1.68. The van der Waals surface area contributed by atoms with E-state index in [2.05, 4.69) is 0 Å². The van der Waals surface area contributed by atoms with Crippen LogP contribution < -0.4 is 4.74 Å². The van der Waals surface area contributed by atoms with Crippen molar-refractivity contribution in [3.8, 4) is 27.3 Å². The molecule has 2 aromatic carbocycles. The summed E-state index contributed by atoms with van der Waals surface area (Å²) < 4.78 is 45.6. The molecule has 5 heteroatoms. The molecule has 0 aliphatic heterocycles. The van der Waals surface area contributed by atoms with Crippen LogP contribution in [-0.2, 0) is 0 Å². The second kappa shape index (κ2) is 7.74. The van der Waals surface area contributed by atoms with Crippen molar-refractivity contribution in [3.63, 3.8) is 0 Å². The highest BCUT2D eigenvalue weighted by atomic mass is 32.1. The number of thiophene rings is 1. The van der Waals surface area contributed by atoms with E-state index >= 15 is 0 Å². The van der Waals surface area contributed by atoms with Crippen LogP contribution >= 0.6 is 11.3 Å². The van der Waals surface area contributed by atoms with Crippen molar-refractivity contribution in [1.82, 2.24) is 0 Å². The van der Waals surface area contributed by atoms with Gasteiger partial charge in [0.15, 0.2) is 11.6 Å². The molecule has 3 rings (SSSR count). The average molecular weight is 362 g/mol. The Morgan fingerprint density at radius 3 is 2.24 bits per heavy atom. The number of halogens is 3. The Balaban J connectivity index is 1.85. The Morgan fingerprint density at radius 1 is 0.880 bits per heavy atom. The lowest BCUT2D eigenvalue weighted by atomic mass is 10.0. The predicted octanol–water partition coefficient (Wildman–Crippen LogP) is 6.41. The van der Waals surface area contributed by atoms with E-state index in [0.29, 0.717) is 5.56 Å². The summed E-state index contributed by atoms with van der Waals surface area (Å²) in [5, 5.41) is 0. The summed E-state index contributed by atoms with van der Waals surface area (Å²) in [4.78, 5) is 2.35. The molecule has 1 nitrogen and oxygen atoms in total. The molecule has 0 bridgehead atoms. The van der Waals surface area contributed by atoms with Crippen molar-refractivity contribution in [2.45, 2.75) is 13.3 Å². The van der Waals surface area contributed by atoms with E-state index in [4.69, 9.17) is 4.74 Å². The number of aryl methyl sites for hydroxylation is 1. The lowest BCUT2D eigenvalue weighted by Gasteiger charge is -2.10. The van der Waals surface area contributed by atoms with Crippen molar-refractivity contribution >= 4 is 11.3 Å². The van der Waals surface area contributed by atoms with Crippen LogP contribution in [0.5, 0.6) is 5.75 Å². The maximum absolute atomic E-state index is 14.4. The number of benzene rings is 2. The minimum Gasteiger partial charge on any atom is -0.490 e. The van der Waals surface area contributed by atoms with Gasteiger partial charge >= 0.3 is 0 Å². The summed E-state index contributed by atoms with van der Waals surface area (Å²) in [6.07, 6.45) is 0.145. The average Bonchev–Trinajstić information content (AvgIpc) is 3.06. The molecular formula is C20H17F3OS. The second-order valence-electron chi connectivity index (χ2n) is 5.62. The van der Waals surface area contributed by atoms with Crippen LogP contribution in [0.1, 0.15) is 11.3 Å². The minimum atomic E-state index is -1.05. The molecule has 0 N–H and O–H groups in total. The molecule has 0 saturated carbocycles. The fraction of sp³-hybridized carbons (Fsp3) is 0.200. The highest BCUT2D eigenvalue weighted by Crippen LogP contribution is 2.33. The molecule has 0 amide bonds. The Bertz CT molecular complexity index is 856. The smallest absolute Gasteiger partial charge is 0.201 e. The van der Waals surface area contributed by atoms with E-state index in [-0.39, 0.29) is 24.3 Å². The zero-order valence-electron chi connectivity index (χ0n) is 13.7. The molecule has 1 heterocycles. The third-order valence-electron chi connectivity index (χ3n) is 3.80. The first-order chi connectivity index (χ1) is 12.1. The molecule has 25 heavy (non-hydrogen) atoms. The van der Waals surface area contributed by atoms with Crippen molar-refractivity contribution in [2.75, 3.05) is 13.3 Å². The van der Waals surface area contributed by atoms with Gasteiger partial charge in [0.25, 0.3) is 0 Å². The molecule has 3 aromatic rings. The molecule has 0 radical (unpaired) electrons. The minimum absolute atomic E-state index is 0.0150. The van der Waals surface area contributed by atoms with Crippen molar-refractivity contribution < 1.29 is 17.9 Å². The number of rotatable bonds is 6. The monoisotopic (exact) mass is 362 g/mol. The maximum atomic E-state index is 14.4. The molecule has 0 spiro atoms. The molecule has 0 aliphatic carbocycles. The molecule has 0 saturated heterocycles. The third kappa shape index (κ3) is 3.87. The zero-order chi connectivity index (χ0) is 17.8. The van der Waals surface area contributed by atoms with Crippen molar-refractivity contribution in [1.29, 1.82) is 0 Å². The van der Waals surface area contributed by atoms with E-state index in [9.17, 15) is 13.2 Å². The number of hydrogen-bond acceptors (Lipinski definition) is 2. The molecule has 0 fully saturated rings. The van der Waals surface area contributed by atoms with Gasteiger partial charge in [-0.15, -0.1) is 11.3 Å². The fourth-order valence-electron chi connectivity index (χ4n) is 2.51. The fourth-order valence-corrected chi connectivity index (χ4v) is 3.38. The molecule has 0 unspecified atom stereocenters. The van der Waals surface area contributed by atoms with Crippen LogP contribution in [0.2, 0.25) is 0 Å². The summed E-state index contributed by atoms with van der Waals surface area (Å²) in [6.45, 7) is 1.50. The second-order valence-corrected chi connectivity index (χ2v) is 6.91. The molecule has 130 valence electrons. The number of hydrogen-bond donors (Lipinski definition) is 0. The van der Waals surface area contributed by atoms with E-state index in [0.717, 1.165) is 10.4 Å². The van der Waals surface area contributed by atoms with Crippen LogP contribution in [0.4, 0.5) is 13.2 Å². The summed E-state index contributed by atoms with van der Waals surface area (Å²) in [6, 6.07) is 14.3. The van der Waals surface area contributed by atoms with Crippen LogP contribution in [-0.4, -0.2) is 13.3 Å². The Kier molecular flexibility index (Phi) is 5.43. The van der Waals surface area contributed by atoms with Crippen LogP contribution in [0, 0.1) is 18.6 Å². The molecule has 1 aromatic heterocycles. The summed E-state index contributed by atoms with van der Waals surface area (Å²) in [5.74, 6) is -2.20. The van der Waals surface area contributed by atoms with Crippen LogP contribution in [0.3, 0.4) is 0 Å². The topological polar surface area (TPSA) is 9.23 Å². The van der Waals surface area contributed by atoms with E-state index in [1.165, 1.54) is 17.0 Å². The zero-order valence-corrected chi connectivity index (χ0v) is 14.5.